The van der Waals surface area contributed by atoms with Crippen molar-refractivity contribution in [1.29, 1.82) is 10.7 Å². The molecule has 2 aromatic carbocycles. The number of non-ortho nitro benzene ring substituents is 1. The van der Waals surface area contributed by atoms with E-state index in [1.54, 1.807) is 6.07 Å². The first-order valence-corrected chi connectivity index (χ1v) is 7.11. The van der Waals surface area contributed by atoms with Gasteiger partial charge in [0.05, 0.1) is 16.3 Å². The van der Waals surface area contributed by atoms with Crippen molar-refractivity contribution in [1.82, 2.24) is 0 Å². The number of hydrogen-bond donors (Lipinski definition) is 4. The second kappa shape index (κ2) is 7.56. The molecule has 25 heavy (non-hydrogen) atoms. The van der Waals surface area contributed by atoms with E-state index in [2.05, 4.69) is 15.8 Å². The van der Waals surface area contributed by atoms with Gasteiger partial charge in [-0.3, -0.25) is 20.9 Å². The van der Waals surface area contributed by atoms with Gasteiger partial charge in [-0.05, 0) is 30.7 Å². The lowest BCUT2D eigenvalue weighted by molar-refractivity contribution is -0.384. The standard InChI is InChI=1S/C16H15N7O2/c1-10-3-2-4-11(7-10)20-13-6-5-12(23(24)25)8-14(13)21-22-15(9-17)16(18)19/h2-8,20-21H,1H3,(H3,18,19)/b22-15+. The molecule has 0 aliphatic carbocycles. The number of nitriles is 1. The van der Waals surface area contributed by atoms with Crippen LogP contribution in [-0.2, 0) is 0 Å². The highest BCUT2D eigenvalue weighted by molar-refractivity contribution is 6.45. The maximum atomic E-state index is 11.0. The highest BCUT2D eigenvalue weighted by atomic mass is 16.6. The van der Waals surface area contributed by atoms with E-state index < -0.39 is 10.8 Å². The maximum Gasteiger partial charge on any atom is 0.271 e. The first-order chi connectivity index (χ1) is 11.9. The summed E-state index contributed by atoms with van der Waals surface area (Å²) in [5.74, 6) is -0.506. The Morgan fingerprint density at radius 3 is 2.68 bits per heavy atom. The topological polar surface area (TPSA) is 153 Å². The smallest absolute Gasteiger partial charge is 0.271 e. The van der Waals surface area contributed by atoms with Gasteiger partial charge in [-0.2, -0.15) is 10.4 Å². The Morgan fingerprint density at radius 1 is 1.32 bits per heavy atom. The number of hydrazone groups is 1. The van der Waals surface area contributed by atoms with Crippen LogP contribution < -0.4 is 16.5 Å². The summed E-state index contributed by atoms with van der Waals surface area (Å²) in [5, 5.41) is 34.0. The van der Waals surface area contributed by atoms with Crippen molar-refractivity contribution in [3.8, 4) is 6.07 Å². The molecule has 0 aromatic heterocycles. The molecule has 0 spiro atoms. The van der Waals surface area contributed by atoms with Crippen molar-refractivity contribution in [2.75, 3.05) is 10.7 Å². The van der Waals surface area contributed by atoms with Crippen molar-refractivity contribution in [3.05, 3.63) is 58.1 Å². The maximum absolute atomic E-state index is 11.0. The minimum atomic E-state index is -0.540. The molecule has 0 heterocycles. The van der Waals surface area contributed by atoms with Crippen LogP contribution in [0.15, 0.2) is 47.6 Å². The predicted molar refractivity (Wildman–Crippen MR) is 96.1 cm³/mol. The monoisotopic (exact) mass is 337 g/mol. The lowest BCUT2D eigenvalue weighted by Gasteiger charge is -2.12. The second-order valence-electron chi connectivity index (χ2n) is 5.08. The molecule has 2 rings (SSSR count). The number of aryl methyl sites for hydroxylation is 1. The SMILES string of the molecule is Cc1cccc(Nc2ccc([N+](=O)[O-])cc2N/N=C(\C#N)C(=N)N)c1. The molecule has 0 amide bonds. The molecule has 0 radical (unpaired) electrons. The lowest BCUT2D eigenvalue weighted by Crippen LogP contribution is -2.22. The molecule has 0 aliphatic rings. The van der Waals surface area contributed by atoms with Crippen LogP contribution in [0, 0.1) is 33.8 Å². The molecule has 9 nitrogen and oxygen atoms in total. The zero-order chi connectivity index (χ0) is 18.4. The van der Waals surface area contributed by atoms with E-state index in [9.17, 15) is 10.1 Å². The molecule has 0 bridgehead atoms. The van der Waals surface area contributed by atoms with Crippen molar-refractivity contribution in [3.63, 3.8) is 0 Å². The first kappa shape index (κ1) is 17.4. The summed E-state index contributed by atoms with van der Waals surface area (Å²) in [7, 11) is 0. The number of benzene rings is 2. The summed E-state index contributed by atoms with van der Waals surface area (Å²) in [6, 6.07) is 13.4. The summed E-state index contributed by atoms with van der Waals surface area (Å²) in [5.41, 5.74) is 9.93. The minimum Gasteiger partial charge on any atom is -0.382 e. The van der Waals surface area contributed by atoms with E-state index in [0.717, 1.165) is 11.3 Å². The summed E-state index contributed by atoms with van der Waals surface area (Å²) in [6.07, 6.45) is 0. The number of nitro groups is 1. The Bertz CT molecular complexity index is 900. The summed E-state index contributed by atoms with van der Waals surface area (Å²) in [4.78, 5) is 10.4. The number of anilines is 3. The van der Waals surface area contributed by atoms with Crippen molar-refractivity contribution in [2.24, 2.45) is 10.8 Å². The average molecular weight is 337 g/mol. The Balaban J connectivity index is 2.40. The van der Waals surface area contributed by atoms with Crippen molar-refractivity contribution in [2.45, 2.75) is 6.92 Å². The Hall–Kier alpha value is -3.93. The largest absolute Gasteiger partial charge is 0.382 e. The molecule has 5 N–H and O–H groups in total. The minimum absolute atomic E-state index is 0.145. The van der Waals surface area contributed by atoms with Crippen LogP contribution in [0.5, 0.6) is 0 Å². The number of nitrogens with zero attached hydrogens (tertiary/aromatic N) is 3. The normalized spacial score (nSPS) is 10.6. The third-order valence-corrected chi connectivity index (χ3v) is 3.16. The number of rotatable bonds is 6. The molecule has 2 aromatic rings. The van der Waals surface area contributed by atoms with Crippen LogP contribution in [0.1, 0.15) is 5.56 Å². The molecular weight excluding hydrogens is 322 g/mol. The second-order valence-corrected chi connectivity index (χ2v) is 5.08. The van der Waals surface area contributed by atoms with Gasteiger partial charge in [-0.1, -0.05) is 12.1 Å². The van der Waals surface area contributed by atoms with E-state index >= 15 is 0 Å². The Kier molecular flexibility index (Phi) is 5.27. The summed E-state index contributed by atoms with van der Waals surface area (Å²) in [6.45, 7) is 1.94. The van der Waals surface area contributed by atoms with Crippen LogP contribution in [0.4, 0.5) is 22.7 Å². The molecule has 0 unspecified atom stereocenters. The number of amidine groups is 1. The number of nitrogens with one attached hydrogen (secondary N) is 3. The molecule has 126 valence electrons. The molecular formula is C16H15N7O2. The van der Waals surface area contributed by atoms with Gasteiger partial charge in [-0.15, -0.1) is 0 Å². The molecule has 0 aliphatic heterocycles. The van der Waals surface area contributed by atoms with E-state index in [1.807, 2.05) is 31.2 Å². The lowest BCUT2D eigenvalue weighted by atomic mass is 10.2. The van der Waals surface area contributed by atoms with Gasteiger partial charge >= 0.3 is 0 Å². The first-order valence-electron chi connectivity index (χ1n) is 7.11. The molecule has 0 saturated heterocycles. The van der Waals surface area contributed by atoms with Gasteiger partial charge in [0.2, 0.25) is 5.71 Å². The summed E-state index contributed by atoms with van der Waals surface area (Å²) >= 11 is 0. The predicted octanol–water partition coefficient (Wildman–Crippen LogP) is 2.87. The van der Waals surface area contributed by atoms with Crippen LogP contribution in [0.3, 0.4) is 0 Å². The van der Waals surface area contributed by atoms with Crippen LogP contribution in [0.25, 0.3) is 0 Å². The van der Waals surface area contributed by atoms with Gasteiger partial charge in [0.1, 0.15) is 6.07 Å². The van der Waals surface area contributed by atoms with Gasteiger partial charge < -0.3 is 11.1 Å². The zero-order valence-electron chi connectivity index (χ0n) is 13.3. The van der Waals surface area contributed by atoms with Crippen molar-refractivity contribution < 1.29 is 4.92 Å². The average Bonchev–Trinajstić information content (AvgIpc) is 2.56. The summed E-state index contributed by atoms with van der Waals surface area (Å²) < 4.78 is 0. The van der Waals surface area contributed by atoms with E-state index in [1.165, 1.54) is 18.2 Å². The Morgan fingerprint density at radius 2 is 2.08 bits per heavy atom. The van der Waals surface area contributed by atoms with E-state index in [0.29, 0.717) is 5.69 Å². The van der Waals surface area contributed by atoms with Gasteiger partial charge in [0, 0.05) is 17.8 Å². The fourth-order valence-corrected chi connectivity index (χ4v) is 1.99. The zero-order valence-corrected chi connectivity index (χ0v) is 13.3. The van der Waals surface area contributed by atoms with Crippen LogP contribution >= 0.6 is 0 Å². The molecule has 0 saturated carbocycles. The molecule has 9 heteroatoms. The van der Waals surface area contributed by atoms with Gasteiger partial charge in [0.15, 0.2) is 5.84 Å². The highest BCUT2D eigenvalue weighted by Crippen LogP contribution is 2.30. The highest BCUT2D eigenvalue weighted by Gasteiger charge is 2.12. The molecule has 0 fully saturated rings. The number of nitrogens with two attached hydrogens (primary N) is 1. The third-order valence-electron chi connectivity index (χ3n) is 3.16. The Labute approximate surface area is 143 Å². The van der Waals surface area contributed by atoms with E-state index in [-0.39, 0.29) is 17.1 Å². The van der Waals surface area contributed by atoms with Crippen LogP contribution in [-0.4, -0.2) is 16.5 Å². The van der Waals surface area contributed by atoms with Gasteiger partial charge in [0.25, 0.3) is 5.69 Å². The van der Waals surface area contributed by atoms with Crippen molar-refractivity contribution >= 4 is 34.3 Å². The number of nitro benzene ring substituents is 1. The van der Waals surface area contributed by atoms with E-state index in [4.69, 9.17) is 16.4 Å². The van der Waals surface area contributed by atoms with Crippen LogP contribution in [0.2, 0.25) is 0 Å². The fraction of sp³-hybridized carbons (Fsp3) is 0.0625. The fourth-order valence-electron chi connectivity index (χ4n) is 1.99. The molecule has 0 atom stereocenters. The number of hydrogen-bond acceptors (Lipinski definition) is 7. The third kappa shape index (κ3) is 4.52. The van der Waals surface area contributed by atoms with Gasteiger partial charge in [-0.25, -0.2) is 0 Å². The quantitative estimate of drug-likeness (QED) is 0.275.